The monoisotopic (exact) mass is 525 g/mol. The van der Waals surface area contributed by atoms with Crippen molar-refractivity contribution in [2.75, 3.05) is 14.1 Å². The Labute approximate surface area is 224 Å². The minimum atomic E-state index is -0.894. The summed E-state index contributed by atoms with van der Waals surface area (Å²) in [7, 11) is 3.53. The second kappa shape index (κ2) is 12.0. The molecule has 2 unspecified atom stereocenters. The molecule has 38 heavy (non-hydrogen) atoms. The summed E-state index contributed by atoms with van der Waals surface area (Å²) in [6.45, 7) is 12.2. The summed E-state index contributed by atoms with van der Waals surface area (Å²) in [4.78, 5) is 8.70. The van der Waals surface area contributed by atoms with Crippen LogP contribution in [0.2, 0.25) is 0 Å². The van der Waals surface area contributed by atoms with E-state index in [1.807, 2.05) is 77.5 Å². The van der Waals surface area contributed by atoms with E-state index < -0.39 is 23.6 Å². The maximum atomic E-state index is 14.8. The van der Waals surface area contributed by atoms with E-state index in [-0.39, 0.29) is 12.2 Å². The Morgan fingerprint density at radius 1 is 1.21 bits per heavy atom. The number of pyridine rings is 1. The number of ether oxygens (including phenoxy) is 2. The van der Waals surface area contributed by atoms with Gasteiger partial charge < -0.3 is 30.0 Å². The van der Waals surface area contributed by atoms with Crippen LogP contribution in [0.5, 0.6) is 11.5 Å². The molecule has 9 heteroatoms. The molecule has 0 aliphatic carbocycles. The molecule has 0 radical (unpaired) electrons. The van der Waals surface area contributed by atoms with Crippen molar-refractivity contribution in [2.24, 2.45) is 16.1 Å². The van der Waals surface area contributed by atoms with Crippen LogP contribution in [0.1, 0.15) is 53.7 Å². The van der Waals surface area contributed by atoms with Gasteiger partial charge in [-0.3, -0.25) is 4.99 Å². The third kappa shape index (κ3) is 5.84. The van der Waals surface area contributed by atoms with Gasteiger partial charge in [0.15, 0.2) is 11.6 Å². The highest BCUT2D eigenvalue weighted by Crippen LogP contribution is 2.46. The Hall–Kier alpha value is -3.43. The number of aliphatic hydroxyl groups excluding tert-OH is 1. The van der Waals surface area contributed by atoms with Gasteiger partial charge in [-0.2, -0.15) is 0 Å². The average molecular weight is 526 g/mol. The number of rotatable bonds is 7. The molecule has 0 bridgehead atoms. The van der Waals surface area contributed by atoms with Crippen LogP contribution in [0, 0.1) is 11.2 Å². The van der Waals surface area contributed by atoms with Gasteiger partial charge in [0.1, 0.15) is 5.65 Å². The Morgan fingerprint density at radius 2 is 1.89 bits per heavy atom. The lowest BCUT2D eigenvalue weighted by atomic mass is 9.85. The number of halogens is 1. The molecule has 0 saturated heterocycles. The molecular formula is C29H40FN5O3. The smallest absolute Gasteiger partial charge is 0.245 e. The molecule has 0 fully saturated rings. The number of benzene rings is 1. The number of nitrogens with one attached hydrogen (secondary N) is 1. The number of aliphatic hydroxyl groups is 1. The zero-order valence-electron chi connectivity index (χ0n) is 23.6. The molecule has 1 aliphatic heterocycles. The number of aromatic nitrogens is 2. The van der Waals surface area contributed by atoms with Gasteiger partial charge >= 0.3 is 0 Å². The first-order valence-electron chi connectivity index (χ1n) is 12.9. The van der Waals surface area contributed by atoms with E-state index in [1.54, 1.807) is 13.1 Å². The van der Waals surface area contributed by atoms with Crippen LogP contribution in [-0.2, 0) is 6.54 Å². The fourth-order valence-electron chi connectivity index (χ4n) is 4.27. The predicted octanol–water partition coefficient (Wildman–Crippen LogP) is 5.08. The Morgan fingerprint density at radius 3 is 2.53 bits per heavy atom. The van der Waals surface area contributed by atoms with Crippen LogP contribution in [0.25, 0.3) is 16.8 Å². The summed E-state index contributed by atoms with van der Waals surface area (Å²) >= 11 is 0. The molecule has 0 saturated carbocycles. The molecular weight excluding hydrogens is 485 g/mol. The van der Waals surface area contributed by atoms with E-state index in [9.17, 15) is 9.50 Å². The standard InChI is InChI=1S/C27H34FN5O3.C2H6/c1-15(31-6)19(23(29)26(34)27(2,3)4)11-22-35-24-18(8-9-20(28)25(24)36-22)16-7-10-21-32-13-17(12-30-5)33(21)14-16;1-2/h7-10,13-14,22,26,30,34H,11-12,29H2,1-6H3;1-2H3/b23-19-,31-15?;. The Bertz CT molecular complexity index is 1340. The van der Waals surface area contributed by atoms with Crippen LogP contribution >= 0.6 is 0 Å². The van der Waals surface area contributed by atoms with Crippen LogP contribution in [-0.4, -0.2) is 46.7 Å². The number of nitrogens with two attached hydrogens (primary N) is 1. The molecule has 2 atom stereocenters. The summed E-state index contributed by atoms with van der Waals surface area (Å²) in [5.74, 6) is -0.126. The van der Waals surface area contributed by atoms with Crippen molar-refractivity contribution < 1.29 is 19.0 Å². The maximum Gasteiger partial charge on any atom is 0.245 e. The number of nitrogens with zero attached hydrogens (tertiary/aromatic N) is 3. The normalized spacial score (nSPS) is 16.7. The largest absolute Gasteiger partial charge is 0.450 e. The van der Waals surface area contributed by atoms with E-state index in [4.69, 9.17) is 15.2 Å². The second-order valence-corrected chi connectivity index (χ2v) is 10.1. The first-order valence-corrected chi connectivity index (χ1v) is 12.9. The van der Waals surface area contributed by atoms with Crippen molar-refractivity contribution in [3.63, 3.8) is 0 Å². The summed E-state index contributed by atoms with van der Waals surface area (Å²) in [6.07, 6.45) is 2.25. The average Bonchev–Trinajstić information content (AvgIpc) is 3.51. The first kappa shape index (κ1) is 29.1. The molecule has 206 valence electrons. The summed E-state index contributed by atoms with van der Waals surface area (Å²) in [5, 5.41) is 13.9. The van der Waals surface area contributed by atoms with Crippen molar-refractivity contribution >= 4 is 11.4 Å². The fraction of sp³-hybridized carbons (Fsp3) is 0.448. The second-order valence-electron chi connectivity index (χ2n) is 10.1. The van der Waals surface area contributed by atoms with E-state index >= 15 is 0 Å². The fourth-order valence-corrected chi connectivity index (χ4v) is 4.27. The molecule has 1 aromatic carbocycles. The zero-order chi connectivity index (χ0) is 28.2. The maximum absolute atomic E-state index is 14.8. The molecule has 0 spiro atoms. The highest BCUT2D eigenvalue weighted by molar-refractivity contribution is 5.99. The number of imidazole rings is 1. The van der Waals surface area contributed by atoms with Gasteiger partial charge in [-0.05, 0) is 43.7 Å². The molecule has 8 nitrogen and oxygen atoms in total. The van der Waals surface area contributed by atoms with Crippen LogP contribution in [0.4, 0.5) is 4.39 Å². The van der Waals surface area contributed by atoms with E-state index in [1.165, 1.54) is 6.07 Å². The lowest BCUT2D eigenvalue weighted by Gasteiger charge is -2.28. The van der Waals surface area contributed by atoms with Gasteiger partial charge in [0.2, 0.25) is 12.0 Å². The van der Waals surface area contributed by atoms with Gasteiger partial charge in [0, 0.05) is 47.9 Å². The third-order valence-electron chi connectivity index (χ3n) is 6.42. The van der Waals surface area contributed by atoms with Crippen molar-refractivity contribution in [1.29, 1.82) is 0 Å². The number of fused-ring (bicyclic) bond motifs is 2. The highest BCUT2D eigenvalue weighted by Gasteiger charge is 2.34. The van der Waals surface area contributed by atoms with E-state index in [2.05, 4.69) is 15.3 Å². The lowest BCUT2D eigenvalue weighted by Crippen LogP contribution is -2.34. The minimum Gasteiger partial charge on any atom is -0.450 e. The van der Waals surface area contributed by atoms with Crippen LogP contribution in [0.3, 0.4) is 0 Å². The quantitative estimate of drug-likeness (QED) is 0.371. The molecule has 4 N–H and O–H groups in total. The summed E-state index contributed by atoms with van der Waals surface area (Å²) < 4.78 is 28.9. The molecule has 3 aromatic rings. The first-order chi connectivity index (χ1) is 18.0. The van der Waals surface area contributed by atoms with Crippen molar-refractivity contribution in [1.82, 2.24) is 14.7 Å². The highest BCUT2D eigenvalue weighted by atomic mass is 19.1. The lowest BCUT2D eigenvalue weighted by molar-refractivity contribution is 0.0480. The number of aliphatic imine (C=N–C) groups is 1. The molecule has 3 heterocycles. The molecule has 1 aliphatic rings. The van der Waals surface area contributed by atoms with E-state index in [0.29, 0.717) is 34.8 Å². The van der Waals surface area contributed by atoms with Crippen molar-refractivity contribution in [3.8, 4) is 22.6 Å². The van der Waals surface area contributed by atoms with Gasteiger partial charge in [-0.15, -0.1) is 0 Å². The topological polar surface area (TPSA) is 106 Å². The molecule has 0 amide bonds. The summed E-state index contributed by atoms with van der Waals surface area (Å²) in [5.41, 5.74) is 10.9. The van der Waals surface area contributed by atoms with Gasteiger partial charge in [-0.25, -0.2) is 9.37 Å². The summed E-state index contributed by atoms with van der Waals surface area (Å²) in [6, 6.07) is 6.89. The van der Waals surface area contributed by atoms with Crippen molar-refractivity contribution in [2.45, 2.75) is 66.9 Å². The molecule has 2 aromatic heterocycles. The third-order valence-corrected chi connectivity index (χ3v) is 6.42. The molecule has 4 rings (SSSR count). The van der Waals surface area contributed by atoms with Crippen LogP contribution in [0.15, 0.2) is 52.9 Å². The van der Waals surface area contributed by atoms with Gasteiger partial charge in [0.05, 0.1) is 24.4 Å². The number of hydrogen-bond acceptors (Lipinski definition) is 7. The van der Waals surface area contributed by atoms with Gasteiger partial charge in [0.25, 0.3) is 0 Å². The Balaban J connectivity index is 0.00000195. The predicted molar refractivity (Wildman–Crippen MR) is 150 cm³/mol. The van der Waals surface area contributed by atoms with Crippen LogP contribution < -0.4 is 20.5 Å². The number of hydrogen-bond donors (Lipinski definition) is 3. The zero-order valence-corrected chi connectivity index (χ0v) is 23.6. The van der Waals surface area contributed by atoms with Gasteiger partial charge in [-0.1, -0.05) is 34.6 Å². The van der Waals surface area contributed by atoms with Crippen molar-refractivity contribution in [3.05, 3.63) is 59.4 Å². The SMILES string of the molecule is CC.CN=C(C)/C(CC1Oc2c(F)ccc(-c3ccc4ncc(CNC)n4c3)c2O1)=C(\N)C(O)C(C)(C)C. The van der Waals surface area contributed by atoms with E-state index in [0.717, 1.165) is 16.9 Å². The Kier molecular flexibility index (Phi) is 9.17. The minimum absolute atomic E-state index is 0.0547.